The number of nitrogens with one attached hydrogen (secondary N) is 1. The number of hydrogen-bond acceptors (Lipinski definition) is 2. The van der Waals surface area contributed by atoms with E-state index in [1.807, 2.05) is 25.3 Å². The van der Waals surface area contributed by atoms with Crippen LogP contribution in [-0.4, -0.2) is 11.0 Å². The summed E-state index contributed by atoms with van der Waals surface area (Å²) < 4.78 is 0. The van der Waals surface area contributed by atoms with Gasteiger partial charge in [-0.05, 0) is 19.1 Å². The molecule has 0 aliphatic rings. The highest BCUT2D eigenvalue weighted by molar-refractivity contribution is 5.09. The molecule has 1 aromatic heterocycles. The standard InChI is InChI=1S/C7H13N3/c1-5(8)7(9)6-3-2-4-10-6/h2-5,7,10H,8-9H2,1H3. The minimum atomic E-state index is -0.0741. The Hall–Kier alpha value is -0.800. The van der Waals surface area contributed by atoms with E-state index in [0.29, 0.717) is 0 Å². The van der Waals surface area contributed by atoms with E-state index in [1.54, 1.807) is 0 Å². The fourth-order valence-corrected chi connectivity index (χ4v) is 0.835. The van der Waals surface area contributed by atoms with Crippen LogP contribution < -0.4 is 11.5 Å². The Kier molecular flexibility index (Phi) is 2.09. The van der Waals surface area contributed by atoms with Crippen LogP contribution in [0.15, 0.2) is 18.3 Å². The lowest BCUT2D eigenvalue weighted by molar-refractivity contribution is 0.577. The summed E-state index contributed by atoms with van der Waals surface area (Å²) in [6, 6.07) is 3.78. The first-order valence-corrected chi connectivity index (χ1v) is 3.36. The zero-order valence-corrected chi connectivity index (χ0v) is 6.04. The summed E-state index contributed by atoms with van der Waals surface area (Å²) in [6.07, 6.45) is 1.84. The molecule has 1 heterocycles. The number of H-pyrrole nitrogens is 1. The Morgan fingerprint density at radius 2 is 2.20 bits per heavy atom. The van der Waals surface area contributed by atoms with Crippen LogP contribution in [0.4, 0.5) is 0 Å². The van der Waals surface area contributed by atoms with Gasteiger partial charge in [-0.2, -0.15) is 0 Å². The van der Waals surface area contributed by atoms with Gasteiger partial charge in [0.1, 0.15) is 0 Å². The summed E-state index contributed by atoms with van der Waals surface area (Å²) >= 11 is 0. The van der Waals surface area contributed by atoms with Crippen LogP contribution in [0.2, 0.25) is 0 Å². The predicted octanol–water partition coefficient (Wildman–Crippen LogP) is 0.362. The first-order valence-electron chi connectivity index (χ1n) is 3.36. The van der Waals surface area contributed by atoms with Crippen molar-refractivity contribution in [3.8, 4) is 0 Å². The van der Waals surface area contributed by atoms with E-state index >= 15 is 0 Å². The smallest absolute Gasteiger partial charge is 0.0598 e. The highest BCUT2D eigenvalue weighted by Crippen LogP contribution is 2.08. The van der Waals surface area contributed by atoms with Crippen LogP contribution in [0, 0.1) is 0 Å². The summed E-state index contributed by atoms with van der Waals surface area (Å²) in [5.41, 5.74) is 12.3. The number of nitrogens with two attached hydrogens (primary N) is 2. The monoisotopic (exact) mass is 139 g/mol. The van der Waals surface area contributed by atoms with Crippen LogP contribution in [0.3, 0.4) is 0 Å². The molecule has 3 heteroatoms. The minimum absolute atomic E-state index is 0.00125. The summed E-state index contributed by atoms with van der Waals surface area (Å²) in [5, 5.41) is 0. The van der Waals surface area contributed by atoms with E-state index < -0.39 is 0 Å². The van der Waals surface area contributed by atoms with E-state index in [-0.39, 0.29) is 12.1 Å². The lowest BCUT2D eigenvalue weighted by Gasteiger charge is -2.13. The van der Waals surface area contributed by atoms with Crippen molar-refractivity contribution in [2.45, 2.75) is 19.0 Å². The molecule has 0 fully saturated rings. The molecule has 1 aromatic rings. The number of aromatic amines is 1. The number of hydrogen-bond donors (Lipinski definition) is 3. The fourth-order valence-electron chi connectivity index (χ4n) is 0.835. The van der Waals surface area contributed by atoms with Crippen molar-refractivity contribution in [3.05, 3.63) is 24.0 Å². The third kappa shape index (κ3) is 1.37. The average Bonchev–Trinajstić information content (AvgIpc) is 2.36. The van der Waals surface area contributed by atoms with Gasteiger partial charge in [-0.25, -0.2) is 0 Å². The molecule has 10 heavy (non-hydrogen) atoms. The van der Waals surface area contributed by atoms with Crippen LogP contribution in [-0.2, 0) is 0 Å². The lowest BCUT2D eigenvalue weighted by atomic mass is 10.1. The number of aromatic nitrogens is 1. The molecule has 3 nitrogen and oxygen atoms in total. The maximum atomic E-state index is 5.73. The summed E-state index contributed by atoms with van der Waals surface area (Å²) in [7, 11) is 0. The third-order valence-electron chi connectivity index (χ3n) is 1.55. The summed E-state index contributed by atoms with van der Waals surface area (Å²) in [4.78, 5) is 3.01. The Labute approximate surface area is 60.4 Å². The summed E-state index contributed by atoms with van der Waals surface area (Å²) in [5.74, 6) is 0. The quantitative estimate of drug-likeness (QED) is 0.554. The molecule has 0 aliphatic carbocycles. The molecular weight excluding hydrogens is 126 g/mol. The molecule has 0 saturated carbocycles. The fraction of sp³-hybridized carbons (Fsp3) is 0.429. The first kappa shape index (κ1) is 7.31. The van der Waals surface area contributed by atoms with Crippen LogP contribution in [0.25, 0.3) is 0 Å². The van der Waals surface area contributed by atoms with Gasteiger partial charge in [0.05, 0.1) is 6.04 Å². The second-order valence-electron chi connectivity index (χ2n) is 2.51. The molecule has 0 radical (unpaired) electrons. The van der Waals surface area contributed by atoms with Crippen molar-refractivity contribution in [2.75, 3.05) is 0 Å². The van der Waals surface area contributed by atoms with E-state index in [4.69, 9.17) is 11.5 Å². The molecule has 2 atom stereocenters. The van der Waals surface area contributed by atoms with Crippen molar-refractivity contribution in [3.63, 3.8) is 0 Å². The van der Waals surface area contributed by atoms with Crippen molar-refractivity contribution >= 4 is 0 Å². The maximum Gasteiger partial charge on any atom is 0.0598 e. The molecule has 0 aromatic carbocycles. The second kappa shape index (κ2) is 2.86. The van der Waals surface area contributed by atoms with Crippen LogP contribution in [0.1, 0.15) is 18.7 Å². The SMILES string of the molecule is CC(N)C(N)c1ccc[nH]1. The Bertz CT molecular complexity index is 179. The molecule has 0 amide bonds. The Morgan fingerprint density at radius 3 is 2.60 bits per heavy atom. The molecule has 0 aliphatic heterocycles. The first-order chi connectivity index (χ1) is 4.72. The lowest BCUT2D eigenvalue weighted by Crippen LogP contribution is -2.31. The molecule has 56 valence electrons. The van der Waals surface area contributed by atoms with Gasteiger partial charge < -0.3 is 16.5 Å². The van der Waals surface area contributed by atoms with Crippen molar-refractivity contribution < 1.29 is 0 Å². The third-order valence-corrected chi connectivity index (χ3v) is 1.55. The van der Waals surface area contributed by atoms with Gasteiger partial charge in [0.2, 0.25) is 0 Å². The van der Waals surface area contributed by atoms with Gasteiger partial charge in [0.25, 0.3) is 0 Å². The largest absolute Gasteiger partial charge is 0.364 e. The van der Waals surface area contributed by atoms with Crippen LogP contribution in [0.5, 0.6) is 0 Å². The van der Waals surface area contributed by atoms with E-state index in [1.165, 1.54) is 0 Å². The zero-order valence-electron chi connectivity index (χ0n) is 6.04. The van der Waals surface area contributed by atoms with Gasteiger partial charge >= 0.3 is 0 Å². The predicted molar refractivity (Wildman–Crippen MR) is 41.4 cm³/mol. The van der Waals surface area contributed by atoms with Crippen molar-refractivity contribution in [1.82, 2.24) is 4.98 Å². The van der Waals surface area contributed by atoms with Gasteiger partial charge in [-0.1, -0.05) is 0 Å². The normalized spacial score (nSPS) is 16.7. The Balaban J connectivity index is 2.68. The van der Waals surface area contributed by atoms with Gasteiger partial charge in [-0.15, -0.1) is 0 Å². The van der Waals surface area contributed by atoms with Crippen LogP contribution >= 0.6 is 0 Å². The highest BCUT2D eigenvalue weighted by Gasteiger charge is 2.09. The van der Waals surface area contributed by atoms with E-state index in [0.717, 1.165) is 5.69 Å². The molecule has 0 spiro atoms. The molecular formula is C7H13N3. The molecule has 1 rings (SSSR count). The topological polar surface area (TPSA) is 67.8 Å². The van der Waals surface area contributed by atoms with E-state index in [9.17, 15) is 0 Å². The maximum absolute atomic E-state index is 5.73. The Morgan fingerprint density at radius 1 is 1.50 bits per heavy atom. The van der Waals surface area contributed by atoms with Crippen molar-refractivity contribution in [1.29, 1.82) is 0 Å². The minimum Gasteiger partial charge on any atom is -0.364 e. The van der Waals surface area contributed by atoms with Gasteiger partial charge in [-0.3, -0.25) is 0 Å². The highest BCUT2D eigenvalue weighted by atomic mass is 14.8. The van der Waals surface area contributed by atoms with Gasteiger partial charge in [0, 0.05) is 17.9 Å². The number of rotatable bonds is 2. The zero-order chi connectivity index (χ0) is 7.56. The summed E-state index contributed by atoms with van der Waals surface area (Å²) in [6.45, 7) is 1.89. The molecule has 2 unspecified atom stereocenters. The molecule has 5 N–H and O–H groups in total. The average molecular weight is 139 g/mol. The molecule has 0 bridgehead atoms. The van der Waals surface area contributed by atoms with E-state index in [2.05, 4.69) is 4.98 Å². The second-order valence-corrected chi connectivity index (χ2v) is 2.51. The van der Waals surface area contributed by atoms with Gasteiger partial charge in [0.15, 0.2) is 0 Å². The molecule has 0 saturated heterocycles. The van der Waals surface area contributed by atoms with Crippen molar-refractivity contribution in [2.24, 2.45) is 11.5 Å².